The quantitative estimate of drug-likeness (QED) is 0.465. The molecule has 0 amide bonds. The van der Waals surface area contributed by atoms with Crippen molar-refractivity contribution in [1.29, 1.82) is 0 Å². The highest BCUT2D eigenvalue weighted by atomic mass is 35.5. The average Bonchev–Trinajstić information content (AvgIpc) is 2.71. The third-order valence-corrected chi connectivity index (χ3v) is 5.58. The van der Waals surface area contributed by atoms with Crippen molar-refractivity contribution in [2.45, 2.75) is 11.5 Å². The van der Waals surface area contributed by atoms with Crippen LogP contribution in [-0.2, 0) is 16.6 Å². The highest BCUT2D eigenvalue weighted by Gasteiger charge is 2.17. The molecule has 0 saturated carbocycles. The number of benzene rings is 2. The van der Waals surface area contributed by atoms with Gasteiger partial charge in [-0.3, -0.25) is 0 Å². The molecule has 28 heavy (non-hydrogen) atoms. The van der Waals surface area contributed by atoms with Crippen molar-refractivity contribution in [3.05, 3.63) is 65.3 Å². The van der Waals surface area contributed by atoms with Crippen LogP contribution in [0.5, 0.6) is 0 Å². The summed E-state index contributed by atoms with van der Waals surface area (Å²) in [5.74, 6) is 0.530. The number of nitrogens with one attached hydrogen (secondary N) is 3. The summed E-state index contributed by atoms with van der Waals surface area (Å²) in [6.07, 6.45) is 1.41. The van der Waals surface area contributed by atoms with Crippen molar-refractivity contribution in [2.75, 3.05) is 17.7 Å². The second-order valence-electron chi connectivity index (χ2n) is 5.70. The monoisotopic (exact) mass is 419 g/mol. The normalized spacial score (nSPS) is 11.2. The van der Waals surface area contributed by atoms with Gasteiger partial charge in [-0.15, -0.1) is 0 Å². The maximum Gasteiger partial charge on any atom is 0.242 e. The van der Waals surface area contributed by atoms with Gasteiger partial charge in [-0.05, 0) is 36.9 Å². The minimum atomic E-state index is -3.66. The van der Waals surface area contributed by atoms with Crippen LogP contribution in [0, 0.1) is 0 Å². The molecule has 0 radical (unpaired) electrons. The van der Waals surface area contributed by atoms with Crippen LogP contribution >= 0.6 is 11.6 Å². The first-order valence-corrected chi connectivity index (χ1v) is 10.1. The van der Waals surface area contributed by atoms with Crippen LogP contribution in [0.25, 0.3) is 0 Å². The Bertz CT molecular complexity index is 1070. The van der Waals surface area contributed by atoms with Crippen molar-refractivity contribution in [1.82, 2.24) is 14.7 Å². The van der Waals surface area contributed by atoms with Crippen molar-refractivity contribution < 1.29 is 13.5 Å². The lowest BCUT2D eigenvalue weighted by Gasteiger charge is -2.13. The number of hydrogen-bond acceptors (Lipinski definition) is 7. The Kier molecular flexibility index (Phi) is 6.10. The van der Waals surface area contributed by atoms with Gasteiger partial charge in [0.15, 0.2) is 5.82 Å². The van der Waals surface area contributed by atoms with E-state index in [-0.39, 0.29) is 28.3 Å². The molecule has 1 aromatic heterocycles. The molecule has 3 rings (SSSR count). The smallest absolute Gasteiger partial charge is 0.242 e. The van der Waals surface area contributed by atoms with Gasteiger partial charge >= 0.3 is 0 Å². The molecule has 0 unspecified atom stereocenters. The number of aliphatic hydroxyl groups is 1. The van der Waals surface area contributed by atoms with Crippen LogP contribution in [-0.4, -0.2) is 30.5 Å². The van der Waals surface area contributed by atoms with Crippen molar-refractivity contribution >= 4 is 44.8 Å². The van der Waals surface area contributed by atoms with Crippen molar-refractivity contribution in [3.63, 3.8) is 0 Å². The van der Waals surface area contributed by atoms with Crippen LogP contribution in [0.2, 0.25) is 5.02 Å². The number of aromatic nitrogens is 2. The zero-order valence-corrected chi connectivity index (χ0v) is 16.4. The predicted molar refractivity (Wildman–Crippen MR) is 109 cm³/mol. The Morgan fingerprint density at radius 1 is 1.07 bits per heavy atom. The molecule has 0 spiro atoms. The van der Waals surface area contributed by atoms with E-state index in [1.165, 1.54) is 19.3 Å². The molecule has 146 valence electrons. The summed E-state index contributed by atoms with van der Waals surface area (Å²) in [4.78, 5) is 8.53. The fourth-order valence-electron chi connectivity index (χ4n) is 2.38. The van der Waals surface area contributed by atoms with Gasteiger partial charge in [0.1, 0.15) is 9.92 Å². The first-order chi connectivity index (χ1) is 13.4. The van der Waals surface area contributed by atoms with Crippen LogP contribution in [0.1, 0.15) is 5.56 Å². The Morgan fingerprint density at radius 3 is 2.46 bits per heavy atom. The molecule has 3 aromatic rings. The maximum absolute atomic E-state index is 12.2. The fraction of sp³-hybridized carbons (Fsp3) is 0.111. The van der Waals surface area contributed by atoms with Gasteiger partial charge in [0, 0.05) is 5.69 Å². The summed E-state index contributed by atoms with van der Waals surface area (Å²) in [6, 6.07) is 13.5. The Balaban J connectivity index is 1.89. The van der Waals surface area contributed by atoms with Crippen molar-refractivity contribution in [2.24, 2.45) is 0 Å². The number of para-hydroxylation sites is 1. The van der Waals surface area contributed by atoms with Gasteiger partial charge in [-0.25, -0.2) is 18.1 Å². The highest BCUT2D eigenvalue weighted by molar-refractivity contribution is 7.89. The van der Waals surface area contributed by atoms with E-state index in [4.69, 9.17) is 16.7 Å². The highest BCUT2D eigenvalue weighted by Crippen LogP contribution is 2.28. The third kappa shape index (κ3) is 4.57. The molecule has 0 aliphatic rings. The van der Waals surface area contributed by atoms with Gasteiger partial charge in [-0.2, -0.15) is 4.98 Å². The second kappa shape index (κ2) is 8.53. The molecule has 0 atom stereocenters. The molecule has 2 aromatic carbocycles. The standard InChI is InChI=1S/C18H18ClN5O3S/c1-20-28(26,27)16-5-3-2-4-15(16)23-17-14(19)10-21-18(24-17)22-13-8-6-12(11-25)7-9-13/h2-10,20,25H,11H2,1H3,(H2,21,22,23,24). The van der Waals surface area contributed by atoms with E-state index >= 15 is 0 Å². The lowest BCUT2D eigenvalue weighted by molar-refractivity contribution is 0.282. The van der Waals surface area contributed by atoms with Crippen molar-refractivity contribution in [3.8, 4) is 0 Å². The average molecular weight is 420 g/mol. The molecular weight excluding hydrogens is 402 g/mol. The van der Waals surface area contributed by atoms with Crippen LogP contribution in [0.3, 0.4) is 0 Å². The summed E-state index contributed by atoms with van der Waals surface area (Å²) < 4.78 is 26.7. The number of hydrogen-bond donors (Lipinski definition) is 4. The molecule has 0 bridgehead atoms. The Morgan fingerprint density at radius 2 is 1.79 bits per heavy atom. The Labute approximate surface area is 167 Å². The van der Waals surface area contributed by atoms with Gasteiger partial charge in [0.2, 0.25) is 16.0 Å². The SMILES string of the molecule is CNS(=O)(=O)c1ccccc1Nc1nc(Nc2ccc(CO)cc2)ncc1Cl. The van der Waals surface area contributed by atoms with E-state index in [0.29, 0.717) is 5.69 Å². The molecule has 0 aliphatic carbocycles. The molecule has 0 saturated heterocycles. The van der Waals surface area contributed by atoms with Gasteiger partial charge in [-0.1, -0.05) is 35.9 Å². The van der Waals surface area contributed by atoms with E-state index in [9.17, 15) is 8.42 Å². The third-order valence-electron chi connectivity index (χ3n) is 3.84. The van der Waals surface area contributed by atoms with E-state index < -0.39 is 10.0 Å². The first-order valence-electron chi connectivity index (χ1n) is 8.22. The van der Waals surface area contributed by atoms with Gasteiger partial charge in [0.05, 0.1) is 18.5 Å². The van der Waals surface area contributed by atoms with Crippen LogP contribution < -0.4 is 15.4 Å². The summed E-state index contributed by atoms with van der Waals surface area (Å²) in [5, 5.41) is 15.3. The van der Waals surface area contributed by atoms with E-state index in [1.807, 2.05) is 0 Å². The predicted octanol–water partition coefficient (Wildman–Crippen LogP) is 3.02. The second-order valence-corrected chi connectivity index (χ2v) is 7.96. The molecule has 1 heterocycles. The minimum Gasteiger partial charge on any atom is -0.392 e. The maximum atomic E-state index is 12.2. The molecule has 4 N–H and O–H groups in total. The van der Waals surface area contributed by atoms with Gasteiger partial charge < -0.3 is 15.7 Å². The van der Waals surface area contributed by atoms with Crippen LogP contribution in [0.4, 0.5) is 23.1 Å². The number of sulfonamides is 1. The lowest BCUT2D eigenvalue weighted by Crippen LogP contribution is -2.19. The summed E-state index contributed by atoms with van der Waals surface area (Å²) in [7, 11) is -2.32. The fourth-order valence-corrected chi connectivity index (χ4v) is 3.40. The zero-order chi connectivity index (χ0) is 20.1. The van der Waals surface area contributed by atoms with Crippen LogP contribution in [0.15, 0.2) is 59.6 Å². The topological polar surface area (TPSA) is 116 Å². The summed E-state index contributed by atoms with van der Waals surface area (Å²) in [5.41, 5.74) is 1.84. The summed E-state index contributed by atoms with van der Waals surface area (Å²) in [6.45, 7) is -0.0409. The minimum absolute atomic E-state index is 0.0409. The number of halogens is 1. The largest absolute Gasteiger partial charge is 0.392 e. The van der Waals surface area contributed by atoms with E-state index in [1.54, 1.807) is 42.5 Å². The zero-order valence-electron chi connectivity index (χ0n) is 14.8. The molecule has 8 nitrogen and oxygen atoms in total. The molecule has 10 heteroatoms. The van der Waals surface area contributed by atoms with E-state index in [0.717, 1.165) is 11.3 Å². The summed E-state index contributed by atoms with van der Waals surface area (Å²) >= 11 is 6.18. The van der Waals surface area contributed by atoms with E-state index in [2.05, 4.69) is 25.3 Å². The number of aliphatic hydroxyl groups excluding tert-OH is 1. The first kappa shape index (κ1) is 20.0. The number of rotatable bonds is 7. The molecular formula is C18H18ClN5O3S. The molecule has 0 fully saturated rings. The number of nitrogens with zero attached hydrogens (tertiary/aromatic N) is 2. The molecule has 0 aliphatic heterocycles. The van der Waals surface area contributed by atoms with Gasteiger partial charge in [0.25, 0.3) is 0 Å². The Hall–Kier alpha value is -2.72. The lowest BCUT2D eigenvalue weighted by atomic mass is 10.2. The number of anilines is 4.